The number of sulfonamides is 1. The molecule has 0 amide bonds. The van der Waals surface area contributed by atoms with E-state index < -0.39 is 31.3 Å². The number of piperidine rings is 1. The molecule has 9 heteroatoms. The van der Waals surface area contributed by atoms with Crippen molar-refractivity contribution in [1.29, 1.82) is 0 Å². The Labute approximate surface area is 115 Å². The first-order chi connectivity index (χ1) is 9.34. The highest BCUT2D eigenvalue weighted by Crippen LogP contribution is 2.30. The number of nitrogens with zero attached hydrogens (tertiary/aromatic N) is 2. The Morgan fingerprint density at radius 2 is 2.15 bits per heavy atom. The van der Waals surface area contributed by atoms with Gasteiger partial charge < -0.3 is 5.73 Å². The first kappa shape index (κ1) is 14.8. The van der Waals surface area contributed by atoms with Gasteiger partial charge in [0.1, 0.15) is 0 Å². The first-order valence-electron chi connectivity index (χ1n) is 6.02. The third-order valence-corrected chi connectivity index (χ3v) is 5.07. The molecule has 1 atom stereocenters. The SMILES string of the molecule is NC1CCCN(S(=O)(=O)c2cccc(F)c2[N+](=O)[O-])C1. The summed E-state index contributed by atoms with van der Waals surface area (Å²) in [5.74, 6) is -1.17. The molecule has 20 heavy (non-hydrogen) atoms. The largest absolute Gasteiger partial charge is 0.327 e. The van der Waals surface area contributed by atoms with Crippen molar-refractivity contribution in [3.63, 3.8) is 0 Å². The standard InChI is InChI=1S/C11H14FN3O4S/c12-9-4-1-5-10(11(9)15(16)17)20(18,19)14-6-2-3-8(13)7-14/h1,4-5,8H,2-3,6-7,13H2. The van der Waals surface area contributed by atoms with Crippen molar-refractivity contribution < 1.29 is 17.7 Å². The third kappa shape index (κ3) is 2.65. The van der Waals surface area contributed by atoms with Crippen LogP contribution >= 0.6 is 0 Å². The van der Waals surface area contributed by atoms with Gasteiger partial charge in [-0.05, 0) is 25.0 Å². The summed E-state index contributed by atoms with van der Waals surface area (Å²) in [6, 6.07) is 2.72. The van der Waals surface area contributed by atoms with Gasteiger partial charge in [0.05, 0.1) is 4.92 Å². The highest BCUT2D eigenvalue weighted by molar-refractivity contribution is 7.89. The minimum Gasteiger partial charge on any atom is -0.327 e. The van der Waals surface area contributed by atoms with Crippen molar-refractivity contribution in [2.45, 2.75) is 23.8 Å². The second-order valence-corrected chi connectivity index (χ2v) is 6.52. The molecule has 1 saturated heterocycles. The van der Waals surface area contributed by atoms with Gasteiger partial charge in [-0.15, -0.1) is 0 Å². The second kappa shape index (κ2) is 5.43. The van der Waals surface area contributed by atoms with Gasteiger partial charge in [-0.1, -0.05) is 6.07 Å². The topological polar surface area (TPSA) is 107 Å². The molecule has 0 spiro atoms. The fourth-order valence-electron chi connectivity index (χ4n) is 2.21. The lowest BCUT2D eigenvalue weighted by Gasteiger charge is -2.29. The number of nitro groups is 1. The molecule has 0 aromatic heterocycles. The summed E-state index contributed by atoms with van der Waals surface area (Å²) in [6.07, 6.45) is 1.26. The zero-order chi connectivity index (χ0) is 14.9. The summed E-state index contributed by atoms with van der Waals surface area (Å²) >= 11 is 0. The molecule has 1 aliphatic heterocycles. The van der Waals surface area contributed by atoms with E-state index in [9.17, 15) is 22.9 Å². The molecule has 1 fully saturated rings. The maximum absolute atomic E-state index is 13.5. The zero-order valence-corrected chi connectivity index (χ0v) is 11.3. The molecule has 1 unspecified atom stereocenters. The lowest BCUT2D eigenvalue weighted by molar-refractivity contribution is -0.390. The van der Waals surface area contributed by atoms with Crippen molar-refractivity contribution in [3.8, 4) is 0 Å². The van der Waals surface area contributed by atoms with Crippen LogP contribution in [0.5, 0.6) is 0 Å². The molecule has 1 aliphatic rings. The number of benzene rings is 1. The van der Waals surface area contributed by atoms with Gasteiger partial charge in [0.2, 0.25) is 15.8 Å². The molecule has 1 aromatic rings. The van der Waals surface area contributed by atoms with Gasteiger partial charge in [0, 0.05) is 19.1 Å². The lowest BCUT2D eigenvalue weighted by Crippen LogP contribution is -2.45. The quantitative estimate of drug-likeness (QED) is 0.658. The van der Waals surface area contributed by atoms with Crippen LogP contribution in [0, 0.1) is 15.9 Å². The number of rotatable bonds is 3. The second-order valence-electron chi connectivity index (χ2n) is 4.61. The van der Waals surface area contributed by atoms with E-state index in [-0.39, 0.29) is 19.1 Å². The molecule has 110 valence electrons. The monoisotopic (exact) mass is 303 g/mol. The predicted octanol–water partition coefficient (Wildman–Crippen LogP) is 0.846. The number of para-hydroxylation sites is 1. The summed E-state index contributed by atoms with van der Waals surface area (Å²) in [5.41, 5.74) is 4.69. The van der Waals surface area contributed by atoms with E-state index in [4.69, 9.17) is 5.73 Å². The summed E-state index contributed by atoms with van der Waals surface area (Å²) in [6.45, 7) is 0.305. The van der Waals surface area contributed by atoms with Gasteiger partial charge in [0.25, 0.3) is 0 Å². The van der Waals surface area contributed by atoms with Crippen molar-refractivity contribution in [1.82, 2.24) is 4.31 Å². The van der Waals surface area contributed by atoms with Gasteiger partial charge in [-0.25, -0.2) is 8.42 Å². The lowest BCUT2D eigenvalue weighted by atomic mass is 10.1. The molecular weight excluding hydrogens is 289 g/mol. The predicted molar refractivity (Wildman–Crippen MR) is 69.0 cm³/mol. The number of nitro benzene ring substituents is 1. The van der Waals surface area contributed by atoms with E-state index in [1.54, 1.807) is 0 Å². The highest BCUT2D eigenvalue weighted by Gasteiger charge is 2.35. The van der Waals surface area contributed by atoms with Gasteiger partial charge in [0.15, 0.2) is 4.90 Å². The van der Waals surface area contributed by atoms with Crippen molar-refractivity contribution in [3.05, 3.63) is 34.1 Å². The third-order valence-electron chi connectivity index (χ3n) is 3.17. The maximum Gasteiger partial charge on any atom is 0.324 e. The average molecular weight is 303 g/mol. The number of halogens is 1. The van der Waals surface area contributed by atoms with Crippen LogP contribution in [0.1, 0.15) is 12.8 Å². The smallest absolute Gasteiger partial charge is 0.324 e. The van der Waals surface area contributed by atoms with E-state index in [1.807, 2.05) is 0 Å². The Morgan fingerprint density at radius 3 is 2.75 bits per heavy atom. The summed E-state index contributed by atoms with van der Waals surface area (Å²) in [7, 11) is -4.12. The Bertz CT molecular complexity index is 635. The molecule has 1 aromatic carbocycles. The Morgan fingerprint density at radius 1 is 1.45 bits per heavy atom. The van der Waals surface area contributed by atoms with Crippen molar-refractivity contribution in [2.24, 2.45) is 5.73 Å². The summed E-state index contributed by atoms with van der Waals surface area (Å²) < 4.78 is 39.4. The van der Waals surface area contributed by atoms with E-state index >= 15 is 0 Å². The summed E-state index contributed by atoms with van der Waals surface area (Å²) in [5, 5.41) is 10.9. The average Bonchev–Trinajstić information content (AvgIpc) is 2.38. The number of nitrogens with two attached hydrogens (primary N) is 1. The van der Waals surface area contributed by atoms with Gasteiger partial charge in [-0.3, -0.25) is 10.1 Å². The number of hydrogen-bond donors (Lipinski definition) is 1. The summed E-state index contributed by atoms with van der Waals surface area (Å²) in [4.78, 5) is 9.24. The van der Waals surface area contributed by atoms with Crippen LogP contribution in [0.4, 0.5) is 10.1 Å². The van der Waals surface area contributed by atoms with E-state index in [0.29, 0.717) is 12.8 Å². The molecule has 7 nitrogen and oxygen atoms in total. The van der Waals surface area contributed by atoms with Crippen LogP contribution in [0.25, 0.3) is 0 Å². The Balaban J connectivity index is 2.49. The normalized spacial score (nSPS) is 20.8. The van der Waals surface area contributed by atoms with Crippen LogP contribution in [-0.4, -0.2) is 36.8 Å². The minimum absolute atomic E-state index is 0.0794. The fraction of sp³-hybridized carbons (Fsp3) is 0.455. The number of hydrogen-bond acceptors (Lipinski definition) is 5. The van der Waals surface area contributed by atoms with Crippen molar-refractivity contribution >= 4 is 15.7 Å². The highest BCUT2D eigenvalue weighted by atomic mass is 32.2. The van der Waals surface area contributed by atoms with Gasteiger partial charge in [-0.2, -0.15) is 8.70 Å². The van der Waals surface area contributed by atoms with Crippen LogP contribution in [0.3, 0.4) is 0 Å². The molecule has 0 bridgehead atoms. The van der Waals surface area contributed by atoms with Crippen LogP contribution in [0.15, 0.2) is 23.1 Å². The fourth-order valence-corrected chi connectivity index (χ4v) is 3.91. The Hall–Kier alpha value is -1.58. The molecule has 0 aliphatic carbocycles. The first-order valence-corrected chi connectivity index (χ1v) is 7.46. The molecule has 0 saturated carbocycles. The van der Waals surface area contributed by atoms with Crippen molar-refractivity contribution in [2.75, 3.05) is 13.1 Å². The molecular formula is C11H14FN3O4S. The molecule has 0 radical (unpaired) electrons. The van der Waals surface area contributed by atoms with Crippen LogP contribution in [-0.2, 0) is 10.0 Å². The van der Waals surface area contributed by atoms with Crippen LogP contribution in [0.2, 0.25) is 0 Å². The van der Waals surface area contributed by atoms with Crippen LogP contribution < -0.4 is 5.73 Å². The van der Waals surface area contributed by atoms with E-state index in [0.717, 1.165) is 22.5 Å². The van der Waals surface area contributed by atoms with E-state index in [2.05, 4.69) is 0 Å². The zero-order valence-electron chi connectivity index (χ0n) is 10.5. The molecule has 1 heterocycles. The molecule has 2 rings (SSSR count). The minimum atomic E-state index is -4.12. The van der Waals surface area contributed by atoms with E-state index in [1.165, 1.54) is 0 Å². The maximum atomic E-state index is 13.5. The Kier molecular flexibility index (Phi) is 4.02. The van der Waals surface area contributed by atoms with Gasteiger partial charge >= 0.3 is 5.69 Å². The molecule has 2 N–H and O–H groups in total.